The number of aromatic nitrogens is 2. The molecule has 0 aliphatic heterocycles. The average Bonchev–Trinajstić information content (AvgIpc) is 2.56. The first kappa shape index (κ1) is 16.9. The van der Waals surface area contributed by atoms with Crippen LogP contribution in [0.5, 0.6) is 0 Å². The number of hydrogen-bond acceptors (Lipinski definition) is 3. The van der Waals surface area contributed by atoms with E-state index in [1.54, 1.807) is 24.3 Å². The average molecular weight is 350 g/mol. The zero-order valence-electron chi connectivity index (χ0n) is 12.8. The number of carbonyl (C=O) groups is 1. The summed E-state index contributed by atoms with van der Waals surface area (Å²) in [6.07, 6.45) is -2.43. The molecule has 3 rings (SSSR count). The number of nitrogens with zero attached hydrogens (tertiary/aromatic N) is 1. The molecule has 0 fully saturated rings. The Morgan fingerprint density at radius 1 is 1.28 bits per heavy atom. The fourth-order valence-electron chi connectivity index (χ4n) is 2.95. The molecule has 0 bridgehead atoms. The summed E-state index contributed by atoms with van der Waals surface area (Å²) in [6.45, 7) is 0. The van der Waals surface area contributed by atoms with Gasteiger partial charge < -0.3 is 5.11 Å². The van der Waals surface area contributed by atoms with Gasteiger partial charge in [-0.1, -0.05) is 30.4 Å². The second kappa shape index (κ2) is 6.19. The molecule has 5 nitrogen and oxygen atoms in total. The van der Waals surface area contributed by atoms with Crippen LogP contribution in [0.25, 0.3) is 10.8 Å². The van der Waals surface area contributed by atoms with Crippen molar-refractivity contribution in [3.05, 3.63) is 63.6 Å². The Bertz CT molecular complexity index is 957. The normalized spacial score (nSPS) is 18.0. The standard InChI is InChI=1S/C17H13F3N2O3/c18-17(19,20)13-6-5-9(7-12(13)16(24)25)8-14-10-3-1-2-4-11(10)15(23)22-21-14/h1-4,6-7,9H,5,8H2,(H,22,23)(H,24,25). The first-order valence-electron chi connectivity index (χ1n) is 7.46. The highest BCUT2D eigenvalue weighted by Gasteiger charge is 2.40. The van der Waals surface area contributed by atoms with Gasteiger partial charge in [-0.2, -0.15) is 18.3 Å². The van der Waals surface area contributed by atoms with Gasteiger partial charge in [-0.3, -0.25) is 4.79 Å². The summed E-state index contributed by atoms with van der Waals surface area (Å²) in [7, 11) is 0. The van der Waals surface area contributed by atoms with Crippen LogP contribution in [-0.2, 0) is 11.2 Å². The molecule has 2 aromatic rings. The summed E-state index contributed by atoms with van der Waals surface area (Å²) >= 11 is 0. The Morgan fingerprint density at radius 2 is 1.96 bits per heavy atom. The van der Waals surface area contributed by atoms with E-state index in [9.17, 15) is 22.8 Å². The predicted octanol–water partition coefficient (Wildman–Crippen LogP) is 2.99. The monoisotopic (exact) mass is 350 g/mol. The van der Waals surface area contributed by atoms with E-state index in [1.807, 2.05) is 0 Å². The zero-order chi connectivity index (χ0) is 18.2. The highest BCUT2D eigenvalue weighted by molar-refractivity contribution is 5.92. The highest BCUT2D eigenvalue weighted by atomic mass is 19.4. The zero-order valence-corrected chi connectivity index (χ0v) is 12.8. The number of fused-ring (bicyclic) bond motifs is 1. The quantitative estimate of drug-likeness (QED) is 0.891. The fraction of sp³-hybridized carbons (Fsp3) is 0.235. The maximum absolute atomic E-state index is 12.9. The molecular formula is C17H13F3N2O3. The van der Waals surface area contributed by atoms with Crippen molar-refractivity contribution < 1.29 is 23.1 Å². The molecule has 1 aromatic carbocycles. The molecule has 0 amide bonds. The molecular weight excluding hydrogens is 337 g/mol. The summed E-state index contributed by atoms with van der Waals surface area (Å²) in [5.74, 6) is -2.08. The van der Waals surface area contributed by atoms with Crippen LogP contribution in [0, 0.1) is 5.92 Å². The molecule has 1 aromatic heterocycles. The fourth-order valence-corrected chi connectivity index (χ4v) is 2.95. The van der Waals surface area contributed by atoms with Crippen molar-refractivity contribution in [1.29, 1.82) is 0 Å². The van der Waals surface area contributed by atoms with Crippen LogP contribution >= 0.6 is 0 Å². The Labute approximate surface area is 139 Å². The third-order valence-electron chi connectivity index (χ3n) is 4.08. The second-order valence-electron chi connectivity index (χ2n) is 5.75. The molecule has 1 aliphatic carbocycles. The van der Waals surface area contributed by atoms with Crippen LogP contribution in [0.15, 0.2) is 52.4 Å². The third-order valence-corrected chi connectivity index (χ3v) is 4.08. The lowest BCUT2D eigenvalue weighted by Gasteiger charge is -2.21. The van der Waals surface area contributed by atoms with E-state index in [0.717, 1.165) is 12.2 Å². The van der Waals surface area contributed by atoms with Crippen molar-refractivity contribution in [2.45, 2.75) is 19.0 Å². The first-order valence-corrected chi connectivity index (χ1v) is 7.46. The van der Waals surface area contributed by atoms with Crippen LogP contribution in [0.4, 0.5) is 13.2 Å². The Balaban J connectivity index is 1.96. The number of aliphatic carboxylic acids is 1. The van der Waals surface area contributed by atoms with Gasteiger partial charge >= 0.3 is 12.1 Å². The topological polar surface area (TPSA) is 83.0 Å². The van der Waals surface area contributed by atoms with Crippen molar-refractivity contribution in [3.63, 3.8) is 0 Å². The number of alkyl halides is 3. The lowest BCUT2D eigenvalue weighted by atomic mass is 9.86. The van der Waals surface area contributed by atoms with Crippen molar-refractivity contribution in [1.82, 2.24) is 10.2 Å². The van der Waals surface area contributed by atoms with E-state index in [0.29, 0.717) is 16.5 Å². The summed E-state index contributed by atoms with van der Waals surface area (Å²) in [5, 5.41) is 16.5. The predicted molar refractivity (Wildman–Crippen MR) is 84.0 cm³/mol. The Morgan fingerprint density at radius 3 is 2.60 bits per heavy atom. The largest absolute Gasteiger partial charge is 0.478 e. The van der Waals surface area contributed by atoms with E-state index in [4.69, 9.17) is 5.11 Å². The van der Waals surface area contributed by atoms with Gasteiger partial charge in [0.15, 0.2) is 0 Å². The summed E-state index contributed by atoms with van der Waals surface area (Å²) < 4.78 is 38.8. The molecule has 8 heteroatoms. The Hall–Kier alpha value is -2.90. The number of nitrogens with one attached hydrogen (secondary N) is 1. The molecule has 0 saturated carbocycles. The van der Waals surface area contributed by atoms with Gasteiger partial charge in [0.05, 0.1) is 22.2 Å². The first-order chi connectivity index (χ1) is 11.8. The molecule has 1 aliphatic rings. The Kier molecular flexibility index (Phi) is 4.20. The van der Waals surface area contributed by atoms with Gasteiger partial charge in [0.25, 0.3) is 5.56 Å². The van der Waals surface area contributed by atoms with Crippen LogP contribution in [0.2, 0.25) is 0 Å². The summed E-state index contributed by atoms with van der Waals surface area (Å²) in [5.41, 5.74) is -1.73. The maximum atomic E-state index is 12.9. The second-order valence-corrected chi connectivity index (χ2v) is 5.75. The molecule has 2 N–H and O–H groups in total. The molecule has 1 heterocycles. The molecule has 0 saturated heterocycles. The highest BCUT2D eigenvalue weighted by Crippen LogP contribution is 2.36. The molecule has 25 heavy (non-hydrogen) atoms. The van der Waals surface area contributed by atoms with Gasteiger partial charge in [0, 0.05) is 5.39 Å². The minimum absolute atomic E-state index is 0.0424. The van der Waals surface area contributed by atoms with Gasteiger partial charge in [-0.15, -0.1) is 0 Å². The third kappa shape index (κ3) is 3.33. The van der Waals surface area contributed by atoms with Crippen LogP contribution in [0.3, 0.4) is 0 Å². The number of allylic oxidation sites excluding steroid dienone is 2. The van der Waals surface area contributed by atoms with E-state index in [1.165, 1.54) is 0 Å². The van der Waals surface area contributed by atoms with Crippen LogP contribution in [-0.4, -0.2) is 27.4 Å². The number of benzene rings is 1. The minimum atomic E-state index is -4.71. The lowest BCUT2D eigenvalue weighted by molar-refractivity contribution is -0.134. The SMILES string of the molecule is O=C(O)C1=CC(Cc2n[nH]c(=O)c3ccccc23)CC=C1C(F)(F)F. The minimum Gasteiger partial charge on any atom is -0.478 e. The summed E-state index contributed by atoms with van der Waals surface area (Å²) in [6, 6.07) is 6.76. The number of halogens is 3. The van der Waals surface area contributed by atoms with Crippen LogP contribution in [0.1, 0.15) is 12.1 Å². The van der Waals surface area contributed by atoms with Crippen molar-refractivity contribution in [3.8, 4) is 0 Å². The van der Waals surface area contributed by atoms with E-state index in [-0.39, 0.29) is 18.4 Å². The van der Waals surface area contributed by atoms with Crippen molar-refractivity contribution in [2.24, 2.45) is 5.92 Å². The number of carboxylic acids is 1. The number of H-pyrrole nitrogens is 1. The van der Waals surface area contributed by atoms with E-state index < -0.39 is 29.2 Å². The van der Waals surface area contributed by atoms with Gasteiger partial charge in [0.2, 0.25) is 0 Å². The number of carboxylic acid groups (broad SMARTS) is 1. The summed E-state index contributed by atoms with van der Waals surface area (Å²) in [4.78, 5) is 23.0. The maximum Gasteiger partial charge on any atom is 0.416 e. The van der Waals surface area contributed by atoms with E-state index >= 15 is 0 Å². The molecule has 130 valence electrons. The van der Waals surface area contributed by atoms with Crippen molar-refractivity contribution in [2.75, 3.05) is 0 Å². The molecule has 1 unspecified atom stereocenters. The van der Waals surface area contributed by atoms with Gasteiger partial charge in [-0.05, 0) is 24.8 Å². The number of rotatable bonds is 3. The van der Waals surface area contributed by atoms with Gasteiger partial charge in [-0.25, -0.2) is 9.89 Å². The van der Waals surface area contributed by atoms with Gasteiger partial charge in [0.1, 0.15) is 0 Å². The number of hydrogen-bond donors (Lipinski definition) is 2. The van der Waals surface area contributed by atoms with E-state index in [2.05, 4.69) is 10.2 Å². The molecule has 1 atom stereocenters. The molecule has 0 radical (unpaired) electrons. The smallest absolute Gasteiger partial charge is 0.416 e. The number of aromatic amines is 1. The molecule has 0 spiro atoms. The lowest BCUT2D eigenvalue weighted by Crippen LogP contribution is -2.23. The van der Waals surface area contributed by atoms with Crippen LogP contribution < -0.4 is 5.56 Å². The van der Waals surface area contributed by atoms with Crippen molar-refractivity contribution >= 4 is 16.7 Å².